The zero-order valence-electron chi connectivity index (χ0n) is 18.2. The van der Waals surface area contributed by atoms with Crippen LogP contribution in [-0.2, 0) is 4.79 Å². The third-order valence-electron chi connectivity index (χ3n) is 7.11. The average Bonchev–Trinajstić information content (AvgIpc) is 3.43. The third-order valence-corrected chi connectivity index (χ3v) is 7.11. The molecule has 6 nitrogen and oxygen atoms in total. The Morgan fingerprint density at radius 1 is 1.20 bits per heavy atom. The van der Waals surface area contributed by atoms with Crippen molar-refractivity contribution in [2.24, 2.45) is 17.8 Å². The van der Waals surface area contributed by atoms with Gasteiger partial charge in [-0.1, -0.05) is 18.9 Å². The summed E-state index contributed by atoms with van der Waals surface area (Å²) in [6.07, 6.45) is 10.5. The van der Waals surface area contributed by atoms with Crippen LogP contribution < -0.4 is 10.6 Å². The molecule has 2 aliphatic carbocycles. The number of pyridine rings is 1. The molecule has 2 fully saturated rings. The number of amides is 2. The highest BCUT2D eigenvalue weighted by Crippen LogP contribution is 2.49. The van der Waals surface area contributed by atoms with Crippen molar-refractivity contribution in [3.05, 3.63) is 35.8 Å². The fourth-order valence-electron chi connectivity index (χ4n) is 5.60. The maximum Gasteiger partial charge on any atom is 0.270 e. The molecule has 0 aliphatic heterocycles. The van der Waals surface area contributed by atoms with E-state index < -0.39 is 0 Å². The maximum absolute atomic E-state index is 12.5. The van der Waals surface area contributed by atoms with Gasteiger partial charge in [0.2, 0.25) is 5.91 Å². The predicted molar refractivity (Wildman–Crippen MR) is 117 cm³/mol. The molecule has 0 aromatic carbocycles. The van der Waals surface area contributed by atoms with Gasteiger partial charge >= 0.3 is 0 Å². The van der Waals surface area contributed by atoms with Crippen molar-refractivity contribution >= 4 is 17.5 Å². The smallest absolute Gasteiger partial charge is 0.270 e. The van der Waals surface area contributed by atoms with Crippen molar-refractivity contribution in [3.8, 4) is 0 Å². The molecule has 2 bridgehead atoms. The Morgan fingerprint density at radius 3 is 2.83 bits per heavy atom. The van der Waals surface area contributed by atoms with E-state index >= 15 is 0 Å². The first-order chi connectivity index (χ1) is 14.5. The largest absolute Gasteiger partial charge is 0.353 e. The van der Waals surface area contributed by atoms with Gasteiger partial charge in [0, 0.05) is 25.2 Å². The molecule has 6 heteroatoms. The van der Waals surface area contributed by atoms with Gasteiger partial charge in [-0.3, -0.25) is 14.0 Å². The summed E-state index contributed by atoms with van der Waals surface area (Å²) in [4.78, 5) is 29.3. The fraction of sp³-hybridized carbons (Fsp3) is 0.625. The Balaban J connectivity index is 1.12. The number of unbranched alkanes of at least 4 members (excludes halogenated alkanes) is 2. The standard InChI is InChI=1S/C24H34N4O2/c1-16(20-15-18-10-11-19(20)14-18)27-22(29)9-4-3-6-12-25-24(30)23-17(2)26-21-8-5-7-13-28(21)23/h5,7-8,13,16,18-20H,3-4,6,9-12,14-15H2,1-2H3,(H,25,30)(H,27,29). The Hall–Kier alpha value is -2.37. The van der Waals surface area contributed by atoms with Gasteiger partial charge < -0.3 is 10.6 Å². The normalized spacial score (nSPS) is 23.6. The van der Waals surface area contributed by atoms with Gasteiger partial charge in [0.1, 0.15) is 11.3 Å². The molecule has 162 valence electrons. The molecular weight excluding hydrogens is 376 g/mol. The molecule has 2 heterocycles. The fourth-order valence-corrected chi connectivity index (χ4v) is 5.60. The van der Waals surface area contributed by atoms with Crippen LogP contribution in [0.4, 0.5) is 0 Å². The first-order valence-electron chi connectivity index (χ1n) is 11.5. The molecule has 2 amide bonds. The van der Waals surface area contributed by atoms with Gasteiger partial charge in [0.05, 0.1) is 5.69 Å². The Bertz CT molecular complexity index is 906. The Morgan fingerprint density at radius 2 is 2.07 bits per heavy atom. The Kier molecular flexibility index (Phi) is 6.40. The van der Waals surface area contributed by atoms with E-state index in [4.69, 9.17) is 0 Å². The van der Waals surface area contributed by atoms with Gasteiger partial charge in [0.25, 0.3) is 5.91 Å². The van der Waals surface area contributed by atoms with Crippen LogP contribution in [0.25, 0.3) is 5.65 Å². The molecule has 0 saturated heterocycles. The van der Waals surface area contributed by atoms with Crippen molar-refractivity contribution in [1.29, 1.82) is 0 Å². The third kappa shape index (κ3) is 4.52. The molecule has 0 radical (unpaired) electrons. The van der Waals surface area contributed by atoms with Crippen LogP contribution in [0, 0.1) is 24.7 Å². The van der Waals surface area contributed by atoms with Gasteiger partial charge in [-0.05, 0) is 75.8 Å². The number of rotatable bonds is 9. The molecule has 2 saturated carbocycles. The van der Waals surface area contributed by atoms with Crippen molar-refractivity contribution in [2.45, 2.75) is 71.3 Å². The van der Waals surface area contributed by atoms with Gasteiger partial charge in [-0.2, -0.15) is 0 Å². The van der Waals surface area contributed by atoms with E-state index in [0.717, 1.165) is 42.4 Å². The quantitative estimate of drug-likeness (QED) is 0.616. The lowest BCUT2D eigenvalue weighted by Gasteiger charge is -2.28. The van der Waals surface area contributed by atoms with Gasteiger partial charge in [-0.15, -0.1) is 0 Å². The molecule has 0 spiro atoms. The van der Waals surface area contributed by atoms with Crippen LogP contribution in [0.1, 0.15) is 74.5 Å². The van der Waals surface area contributed by atoms with Crippen molar-refractivity contribution in [3.63, 3.8) is 0 Å². The average molecular weight is 411 g/mol. The first-order valence-corrected chi connectivity index (χ1v) is 11.5. The van der Waals surface area contributed by atoms with Crippen LogP contribution in [0.15, 0.2) is 24.4 Å². The number of nitrogens with one attached hydrogen (secondary N) is 2. The van der Waals surface area contributed by atoms with Crippen molar-refractivity contribution in [2.75, 3.05) is 6.54 Å². The van der Waals surface area contributed by atoms with E-state index in [1.165, 1.54) is 25.7 Å². The SMILES string of the molecule is Cc1nc2ccccn2c1C(=O)NCCCCCC(=O)NC(C)C1CC2CCC1C2. The number of imidazole rings is 1. The summed E-state index contributed by atoms with van der Waals surface area (Å²) in [6.45, 7) is 4.65. The summed E-state index contributed by atoms with van der Waals surface area (Å²) < 4.78 is 1.83. The lowest BCUT2D eigenvalue weighted by Crippen LogP contribution is -2.40. The minimum absolute atomic E-state index is 0.0939. The van der Waals surface area contributed by atoms with Crippen LogP contribution in [0.3, 0.4) is 0 Å². The topological polar surface area (TPSA) is 75.5 Å². The highest BCUT2D eigenvalue weighted by Gasteiger charge is 2.42. The number of aromatic nitrogens is 2. The number of hydrogen-bond acceptors (Lipinski definition) is 3. The molecule has 2 aromatic rings. The summed E-state index contributed by atoms with van der Waals surface area (Å²) >= 11 is 0. The van der Waals surface area contributed by atoms with Crippen LogP contribution >= 0.6 is 0 Å². The lowest BCUT2D eigenvalue weighted by molar-refractivity contribution is -0.122. The summed E-state index contributed by atoms with van der Waals surface area (Å²) in [6, 6.07) is 6.01. The molecule has 2 aliphatic rings. The number of nitrogens with zero attached hydrogens (tertiary/aromatic N) is 2. The van der Waals surface area contributed by atoms with E-state index in [1.807, 2.05) is 35.7 Å². The van der Waals surface area contributed by atoms with Crippen LogP contribution in [-0.4, -0.2) is 33.8 Å². The van der Waals surface area contributed by atoms with Crippen molar-refractivity contribution in [1.82, 2.24) is 20.0 Å². The van der Waals surface area contributed by atoms with E-state index in [-0.39, 0.29) is 11.8 Å². The van der Waals surface area contributed by atoms with Crippen molar-refractivity contribution < 1.29 is 9.59 Å². The van der Waals surface area contributed by atoms with Crippen LogP contribution in [0.2, 0.25) is 0 Å². The number of aryl methyl sites for hydroxylation is 1. The molecule has 2 N–H and O–H groups in total. The Labute approximate surface area is 178 Å². The summed E-state index contributed by atoms with van der Waals surface area (Å²) in [5.74, 6) is 2.52. The lowest BCUT2D eigenvalue weighted by atomic mass is 9.84. The monoisotopic (exact) mass is 410 g/mol. The number of fused-ring (bicyclic) bond motifs is 3. The van der Waals surface area contributed by atoms with E-state index in [0.29, 0.717) is 30.6 Å². The van der Waals surface area contributed by atoms with Gasteiger partial charge in [-0.25, -0.2) is 4.98 Å². The number of carbonyl (C=O) groups is 2. The number of hydrogen-bond donors (Lipinski definition) is 2. The number of carbonyl (C=O) groups excluding carboxylic acids is 2. The second-order valence-electron chi connectivity index (χ2n) is 9.24. The zero-order valence-corrected chi connectivity index (χ0v) is 18.2. The van der Waals surface area contributed by atoms with E-state index in [9.17, 15) is 9.59 Å². The van der Waals surface area contributed by atoms with E-state index in [2.05, 4.69) is 22.5 Å². The molecule has 4 atom stereocenters. The molecule has 2 aromatic heterocycles. The first kappa shape index (κ1) is 20.9. The molecular formula is C24H34N4O2. The molecule has 4 unspecified atom stereocenters. The summed E-state index contributed by atoms with van der Waals surface area (Å²) in [7, 11) is 0. The highest BCUT2D eigenvalue weighted by molar-refractivity contribution is 5.94. The summed E-state index contributed by atoms with van der Waals surface area (Å²) in [5, 5.41) is 6.23. The summed E-state index contributed by atoms with van der Waals surface area (Å²) in [5.41, 5.74) is 2.12. The minimum Gasteiger partial charge on any atom is -0.353 e. The predicted octanol–water partition coefficient (Wildman–Crippen LogP) is 3.87. The molecule has 30 heavy (non-hydrogen) atoms. The highest BCUT2D eigenvalue weighted by atomic mass is 16.2. The minimum atomic E-state index is -0.0939. The maximum atomic E-state index is 12.5. The zero-order chi connectivity index (χ0) is 21.1. The van der Waals surface area contributed by atoms with Gasteiger partial charge in [0.15, 0.2) is 0 Å². The second-order valence-corrected chi connectivity index (χ2v) is 9.24. The second kappa shape index (κ2) is 9.19. The molecule has 4 rings (SSSR count). The van der Waals surface area contributed by atoms with E-state index in [1.54, 1.807) is 0 Å². The van der Waals surface area contributed by atoms with Crippen LogP contribution in [0.5, 0.6) is 0 Å².